The molecule has 0 saturated heterocycles. The van der Waals surface area contributed by atoms with Crippen molar-refractivity contribution in [2.45, 2.75) is 50.2 Å². The fourth-order valence-electron chi connectivity index (χ4n) is 2.73. The third-order valence-electron chi connectivity index (χ3n) is 3.92. The molecule has 0 aromatic carbocycles. The van der Waals surface area contributed by atoms with Gasteiger partial charge in [-0.15, -0.1) is 0 Å². The first-order valence-electron chi connectivity index (χ1n) is 6.99. The maximum atomic E-state index is 6.18. The molecule has 1 heterocycles. The van der Waals surface area contributed by atoms with Gasteiger partial charge in [0.15, 0.2) is 0 Å². The van der Waals surface area contributed by atoms with Crippen LogP contribution in [0.1, 0.15) is 44.6 Å². The van der Waals surface area contributed by atoms with E-state index in [1.807, 2.05) is 11.8 Å². The standard InChI is InChI=1S/C14H22ClN3S/c1-3-6-11-12(15)17-10-18-13(11)16-9-14(19-2)7-4-5-8-14/h10H,3-9H2,1-2H3,(H,16,17,18). The Bertz CT molecular complexity index is 419. The van der Waals surface area contributed by atoms with Crippen LogP contribution in [-0.2, 0) is 6.42 Å². The number of nitrogens with zero attached hydrogens (tertiary/aromatic N) is 2. The van der Waals surface area contributed by atoms with Gasteiger partial charge in [0.05, 0.1) is 0 Å². The van der Waals surface area contributed by atoms with E-state index in [0.29, 0.717) is 9.90 Å². The third-order valence-corrected chi connectivity index (χ3v) is 5.66. The maximum Gasteiger partial charge on any atom is 0.137 e. The van der Waals surface area contributed by atoms with Gasteiger partial charge in [-0.1, -0.05) is 37.8 Å². The van der Waals surface area contributed by atoms with Crippen LogP contribution in [0.2, 0.25) is 5.15 Å². The third kappa shape index (κ3) is 3.54. The molecule has 1 aliphatic rings. The van der Waals surface area contributed by atoms with Crippen molar-refractivity contribution < 1.29 is 0 Å². The SMILES string of the molecule is CCCc1c(Cl)ncnc1NCC1(SC)CCCC1. The lowest BCUT2D eigenvalue weighted by molar-refractivity contribution is 0.637. The fourth-order valence-corrected chi connectivity index (χ4v) is 3.87. The van der Waals surface area contributed by atoms with Gasteiger partial charge in [-0.05, 0) is 25.5 Å². The van der Waals surface area contributed by atoms with Crippen molar-refractivity contribution in [3.8, 4) is 0 Å². The number of hydrogen-bond donors (Lipinski definition) is 1. The van der Waals surface area contributed by atoms with E-state index < -0.39 is 0 Å². The zero-order valence-corrected chi connectivity index (χ0v) is 13.3. The average molecular weight is 300 g/mol. The molecule has 0 unspecified atom stereocenters. The van der Waals surface area contributed by atoms with Crippen molar-refractivity contribution in [1.82, 2.24) is 9.97 Å². The van der Waals surface area contributed by atoms with E-state index in [9.17, 15) is 0 Å². The highest BCUT2D eigenvalue weighted by Crippen LogP contribution is 2.40. The van der Waals surface area contributed by atoms with Crippen LogP contribution in [0.15, 0.2) is 6.33 Å². The van der Waals surface area contributed by atoms with E-state index in [-0.39, 0.29) is 0 Å². The topological polar surface area (TPSA) is 37.8 Å². The first-order chi connectivity index (χ1) is 9.21. The van der Waals surface area contributed by atoms with Crippen LogP contribution < -0.4 is 5.32 Å². The van der Waals surface area contributed by atoms with Crippen molar-refractivity contribution >= 4 is 29.2 Å². The normalized spacial score (nSPS) is 17.6. The molecule has 3 nitrogen and oxygen atoms in total. The molecule has 1 aliphatic carbocycles. The molecule has 0 bridgehead atoms. The predicted molar refractivity (Wildman–Crippen MR) is 84.2 cm³/mol. The molecule has 1 aromatic heterocycles. The summed E-state index contributed by atoms with van der Waals surface area (Å²) in [5.74, 6) is 0.919. The zero-order valence-electron chi connectivity index (χ0n) is 11.7. The van der Waals surface area contributed by atoms with Gasteiger partial charge in [0.25, 0.3) is 0 Å². The quantitative estimate of drug-likeness (QED) is 0.800. The Hall–Kier alpha value is -0.480. The summed E-state index contributed by atoms with van der Waals surface area (Å²) < 4.78 is 0.376. The van der Waals surface area contributed by atoms with E-state index in [2.05, 4.69) is 28.5 Å². The highest BCUT2D eigenvalue weighted by Gasteiger charge is 2.32. The van der Waals surface area contributed by atoms with E-state index in [0.717, 1.165) is 30.8 Å². The molecule has 0 atom stereocenters. The summed E-state index contributed by atoms with van der Waals surface area (Å²) in [7, 11) is 0. The highest BCUT2D eigenvalue weighted by molar-refractivity contribution is 8.00. The van der Waals surface area contributed by atoms with Crippen molar-refractivity contribution in [1.29, 1.82) is 0 Å². The molecule has 1 saturated carbocycles. The number of hydrogen-bond acceptors (Lipinski definition) is 4. The van der Waals surface area contributed by atoms with E-state index >= 15 is 0 Å². The molecule has 2 rings (SSSR count). The number of anilines is 1. The van der Waals surface area contributed by atoms with Gasteiger partial charge < -0.3 is 5.32 Å². The molecule has 0 spiro atoms. The molecule has 1 fully saturated rings. The summed E-state index contributed by atoms with van der Waals surface area (Å²) in [6, 6.07) is 0. The summed E-state index contributed by atoms with van der Waals surface area (Å²) >= 11 is 8.16. The van der Waals surface area contributed by atoms with Gasteiger partial charge in [0.2, 0.25) is 0 Å². The Morgan fingerprint density at radius 3 is 2.74 bits per heavy atom. The molecular weight excluding hydrogens is 278 g/mol. The second-order valence-corrected chi connectivity index (χ2v) is 6.82. The highest BCUT2D eigenvalue weighted by atomic mass is 35.5. The van der Waals surface area contributed by atoms with Crippen LogP contribution in [-0.4, -0.2) is 27.5 Å². The van der Waals surface area contributed by atoms with E-state index in [1.165, 1.54) is 25.7 Å². The van der Waals surface area contributed by atoms with Gasteiger partial charge >= 0.3 is 0 Å². The first kappa shape index (κ1) is 14.9. The van der Waals surface area contributed by atoms with Gasteiger partial charge in [0, 0.05) is 16.9 Å². The Morgan fingerprint density at radius 1 is 1.37 bits per heavy atom. The van der Waals surface area contributed by atoms with Crippen LogP contribution >= 0.6 is 23.4 Å². The number of halogens is 1. The molecule has 0 aliphatic heterocycles. The largest absolute Gasteiger partial charge is 0.368 e. The van der Waals surface area contributed by atoms with Crippen molar-refractivity contribution in [2.75, 3.05) is 18.1 Å². The summed E-state index contributed by atoms with van der Waals surface area (Å²) in [4.78, 5) is 8.45. The fraction of sp³-hybridized carbons (Fsp3) is 0.714. The lowest BCUT2D eigenvalue weighted by atomic mass is 10.1. The number of aromatic nitrogens is 2. The van der Waals surface area contributed by atoms with Crippen LogP contribution in [0, 0.1) is 0 Å². The molecular formula is C14H22ClN3S. The second-order valence-electron chi connectivity index (χ2n) is 5.19. The van der Waals surface area contributed by atoms with Gasteiger partial charge in [-0.3, -0.25) is 0 Å². The van der Waals surface area contributed by atoms with Crippen LogP contribution in [0.3, 0.4) is 0 Å². The second kappa shape index (κ2) is 6.80. The van der Waals surface area contributed by atoms with Gasteiger partial charge in [-0.2, -0.15) is 11.8 Å². The van der Waals surface area contributed by atoms with Crippen molar-refractivity contribution in [3.05, 3.63) is 17.0 Å². The smallest absolute Gasteiger partial charge is 0.137 e. The van der Waals surface area contributed by atoms with Gasteiger partial charge in [-0.25, -0.2) is 9.97 Å². The molecule has 1 N–H and O–H groups in total. The molecule has 5 heteroatoms. The van der Waals surface area contributed by atoms with Crippen molar-refractivity contribution in [2.24, 2.45) is 0 Å². The Morgan fingerprint density at radius 2 is 2.11 bits per heavy atom. The number of nitrogens with one attached hydrogen (secondary N) is 1. The van der Waals surface area contributed by atoms with Crippen molar-refractivity contribution in [3.63, 3.8) is 0 Å². The predicted octanol–water partition coefficient (Wildman–Crippen LogP) is 4.17. The Balaban J connectivity index is 2.08. The lowest BCUT2D eigenvalue weighted by Gasteiger charge is -2.27. The van der Waals surface area contributed by atoms with Crippen LogP contribution in [0.25, 0.3) is 0 Å². The summed E-state index contributed by atoms with van der Waals surface area (Å²) in [5.41, 5.74) is 1.06. The number of rotatable bonds is 6. The van der Waals surface area contributed by atoms with Crippen LogP contribution in [0.5, 0.6) is 0 Å². The summed E-state index contributed by atoms with van der Waals surface area (Å²) in [5, 5.41) is 4.10. The minimum absolute atomic E-state index is 0.376. The molecule has 106 valence electrons. The minimum Gasteiger partial charge on any atom is -0.368 e. The Kier molecular flexibility index (Phi) is 5.34. The summed E-state index contributed by atoms with van der Waals surface area (Å²) in [6.07, 6.45) is 11.0. The molecule has 0 amide bonds. The molecule has 19 heavy (non-hydrogen) atoms. The number of thioether (sulfide) groups is 1. The first-order valence-corrected chi connectivity index (χ1v) is 8.59. The zero-order chi connectivity index (χ0) is 13.7. The lowest BCUT2D eigenvalue weighted by Crippen LogP contribution is -2.30. The summed E-state index contributed by atoms with van der Waals surface area (Å²) in [6.45, 7) is 3.12. The molecule has 0 radical (unpaired) electrons. The molecule has 1 aromatic rings. The minimum atomic E-state index is 0.376. The average Bonchev–Trinajstić information content (AvgIpc) is 2.89. The monoisotopic (exact) mass is 299 g/mol. The maximum absolute atomic E-state index is 6.18. The van der Waals surface area contributed by atoms with E-state index in [4.69, 9.17) is 11.6 Å². The van der Waals surface area contributed by atoms with Crippen LogP contribution in [0.4, 0.5) is 5.82 Å². The van der Waals surface area contributed by atoms with E-state index in [1.54, 1.807) is 6.33 Å². The Labute approximate surface area is 124 Å². The van der Waals surface area contributed by atoms with Gasteiger partial charge in [0.1, 0.15) is 17.3 Å².